The summed E-state index contributed by atoms with van der Waals surface area (Å²) in [4.78, 5) is 0. The lowest BCUT2D eigenvalue weighted by Gasteiger charge is -2.28. The van der Waals surface area contributed by atoms with Gasteiger partial charge >= 0.3 is 0 Å². The standard InChI is InChI=1S/C17H22OSi2/c1-13-9-8-12-16-17(13)19(2,3)15-11-7-6-10-14(15)18-20(16,4)5/h6-12H,1-5H3. The summed E-state index contributed by atoms with van der Waals surface area (Å²) in [7, 11) is -3.60. The first kappa shape index (κ1) is 13.6. The van der Waals surface area contributed by atoms with Gasteiger partial charge in [-0.25, -0.2) is 0 Å². The molecule has 2 aromatic carbocycles. The van der Waals surface area contributed by atoms with Crippen molar-refractivity contribution in [1.29, 1.82) is 0 Å². The third-order valence-corrected chi connectivity index (χ3v) is 10.8. The first-order valence-electron chi connectivity index (χ1n) is 7.23. The zero-order chi connectivity index (χ0) is 14.5. The largest absolute Gasteiger partial charge is 0.540 e. The van der Waals surface area contributed by atoms with E-state index >= 15 is 0 Å². The highest BCUT2D eigenvalue weighted by Crippen LogP contribution is 2.23. The molecular weight excluding hydrogens is 276 g/mol. The molecule has 1 nitrogen and oxygen atoms in total. The van der Waals surface area contributed by atoms with Crippen LogP contribution in [-0.2, 0) is 0 Å². The van der Waals surface area contributed by atoms with Crippen LogP contribution >= 0.6 is 0 Å². The summed E-state index contributed by atoms with van der Waals surface area (Å²) in [5.74, 6) is 1.12. The summed E-state index contributed by atoms with van der Waals surface area (Å²) in [5, 5.41) is 4.53. The molecule has 0 spiro atoms. The average Bonchev–Trinajstić information content (AvgIpc) is 2.44. The van der Waals surface area contributed by atoms with Crippen molar-refractivity contribution in [3.05, 3.63) is 48.0 Å². The lowest BCUT2D eigenvalue weighted by Crippen LogP contribution is -2.63. The van der Waals surface area contributed by atoms with E-state index in [2.05, 4.69) is 75.6 Å². The van der Waals surface area contributed by atoms with Gasteiger partial charge in [0.2, 0.25) is 0 Å². The summed E-state index contributed by atoms with van der Waals surface area (Å²) in [6, 6.07) is 15.4. The number of hydrogen-bond donors (Lipinski definition) is 0. The first-order chi connectivity index (χ1) is 9.34. The Bertz CT molecular complexity index is 674. The highest BCUT2D eigenvalue weighted by atomic mass is 28.4. The van der Waals surface area contributed by atoms with Crippen LogP contribution in [0.4, 0.5) is 0 Å². The Labute approximate surface area is 123 Å². The molecular formula is C17H22OSi2. The van der Waals surface area contributed by atoms with E-state index in [1.807, 2.05) is 0 Å². The molecule has 0 saturated carbocycles. The van der Waals surface area contributed by atoms with Crippen molar-refractivity contribution in [1.82, 2.24) is 0 Å². The first-order valence-corrected chi connectivity index (χ1v) is 13.1. The Hall–Kier alpha value is -1.33. The average molecular weight is 299 g/mol. The van der Waals surface area contributed by atoms with Crippen LogP contribution in [0.3, 0.4) is 0 Å². The predicted molar refractivity (Wildman–Crippen MR) is 92.1 cm³/mol. The minimum Gasteiger partial charge on any atom is -0.540 e. The van der Waals surface area contributed by atoms with Crippen LogP contribution in [0.15, 0.2) is 42.5 Å². The lowest BCUT2D eigenvalue weighted by atomic mass is 10.2. The maximum Gasteiger partial charge on any atom is 0.276 e. The van der Waals surface area contributed by atoms with E-state index in [1.54, 1.807) is 5.19 Å². The molecule has 0 aliphatic carbocycles. The third kappa shape index (κ3) is 1.88. The third-order valence-electron chi connectivity index (χ3n) is 4.47. The Kier molecular flexibility index (Phi) is 2.96. The summed E-state index contributed by atoms with van der Waals surface area (Å²) >= 11 is 0. The topological polar surface area (TPSA) is 9.23 Å². The van der Waals surface area contributed by atoms with Gasteiger partial charge in [0.05, 0.1) is 0 Å². The van der Waals surface area contributed by atoms with Gasteiger partial charge in [-0.3, -0.25) is 0 Å². The monoisotopic (exact) mass is 298 g/mol. The van der Waals surface area contributed by atoms with Gasteiger partial charge in [0, 0.05) is 0 Å². The van der Waals surface area contributed by atoms with Crippen LogP contribution in [0.2, 0.25) is 26.2 Å². The molecule has 1 heterocycles. The van der Waals surface area contributed by atoms with Gasteiger partial charge in [-0.15, -0.1) is 0 Å². The van der Waals surface area contributed by atoms with Gasteiger partial charge in [0.15, 0.2) is 0 Å². The quantitative estimate of drug-likeness (QED) is 0.679. The van der Waals surface area contributed by atoms with Crippen molar-refractivity contribution in [3.8, 4) is 5.75 Å². The molecule has 20 heavy (non-hydrogen) atoms. The maximum absolute atomic E-state index is 6.53. The molecule has 1 aliphatic rings. The van der Waals surface area contributed by atoms with Crippen LogP contribution in [0.25, 0.3) is 0 Å². The zero-order valence-electron chi connectivity index (χ0n) is 12.9. The molecule has 104 valence electrons. The molecule has 2 aromatic rings. The van der Waals surface area contributed by atoms with E-state index < -0.39 is 16.4 Å². The van der Waals surface area contributed by atoms with Crippen LogP contribution in [0.1, 0.15) is 5.56 Å². The second kappa shape index (κ2) is 4.33. The molecule has 1 aliphatic heterocycles. The second-order valence-corrected chi connectivity index (χ2v) is 14.8. The molecule has 0 amide bonds. The van der Waals surface area contributed by atoms with E-state index in [-0.39, 0.29) is 0 Å². The fourth-order valence-corrected chi connectivity index (χ4v) is 11.0. The number of fused-ring (bicyclic) bond motifs is 2. The molecule has 0 saturated heterocycles. The van der Waals surface area contributed by atoms with Gasteiger partial charge in [0.25, 0.3) is 8.32 Å². The summed E-state index contributed by atoms with van der Waals surface area (Å²) in [5.41, 5.74) is 1.43. The van der Waals surface area contributed by atoms with E-state index in [0.717, 1.165) is 5.75 Å². The molecule has 3 rings (SSSR count). The van der Waals surface area contributed by atoms with Crippen LogP contribution in [-0.4, -0.2) is 16.4 Å². The van der Waals surface area contributed by atoms with E-state index in [4.69, 9.17) is 4.43 Å². The van der Waals surface area contributed by atoms with Crippen LogP contribution in [0.5, 0.6) is 5.75 Å². The number of aryl methyl sites for hydroxylation is 1. The van der Waals surface area contributed by atoms with E-state index in [1.165, 1.54) is 15.9 Å². The minimum absolute atomic E-state index is 1.12. The molecule has 0 atom stereocenters. The fourth-order valence-electron chi connectivity index (χ4n) is 3.54. The van der Waals surface area contributed by atoms with Crippen LogP contribution in [0, 0.1) is 6.92 Å². The zero-order valence-corrected chi connectivity index (χ0v) is 14.9. The Morgan fingerprint density at radius 2 is 1.45 bits per heavy atom. The second-order valence-electron chi connectivity index (χ2n) is 6.73. The van der Waals surface area contributed by atoms with Gasteiger partial charge < -0.3 is 4.43 Å². The van der Waals surface area contributed by atoms with Gasteiger partial charge in [-0.1, -0.05) is 55.1 Å². The molecule has 0 radical (unpaired) electrons. The minimum atomic E-state index is -1.90. The van der Waals surface area contributed by atoms with Crippen molar-refractivity contribution in [3.63, 3.8) is 0 Å². The number of para-hydroxylation sites is 1. The lowest BCUT2D eigenvalue weighted by molar-refractivity contribution is 0.569. The molecule has 0 N–H and O–H groups in total. The Morgan fingerprint density at radius 1 is 0.800 bits per heavy atom. The van der Waals surface area contributed by atoms with E-state index in [0.29, 0.717) is 0 Å². The van der Waals surface area contributed by atoms with Crippen molar-refractivity contribution in [2.75, 3.05) is 0 Å². The molecule has 0 aromatic heterocycles. The van der Waals surface area contributed by atoms with Crippen molar-refractivity contribution in [2.24, 2.45) is 0 Å². The normalized spacial score (nSPS) is 18.4. The van der Waals surface area contributed by atoms with Gasteiger partial charge in [0.1, 0.15) is 13.8 Å². The van der Waals surface area contributed by atoms with Gasteiger partial charge in [-0.05, 0) is 41.6 Å². The van der Waals surface area contributed by atoms with Gasteiger partial charge in [-0.2, -0.15) is 0 Å². The summed E-state index contributed by atoms with van der Waals surface area (Å²) < 4.78 is 6.53. The molecule has 0 fully saturated rings. The van der Waals surface area contributed by atoms with Crippen molar-refractivity contribution >= 4 is 32.0 Å². The van der Waals surface area contributed by atoms with Crippen LogP contribution < -0.4 is 20.0 Å². The predicted octanol–water partition coefficient (Wildman–Crippen LogP) is 2.62. The van der Waals surface area contributed by atoms with E-state index in [9.17, 15) is 0 Å². The Balaban J connectivity index is 2.41. The highest BCUT2D eigenvalue weighted by Gasteiger charge is 2.42. The summed E-state index contributed by atoms with van der Waals surface area (Å²) in [6.45, 7) is 11.8. The Morgan fingerprint density at radius 3 is 2.20 bits per heavy atom. The number of hydrogen-bond acceptors (Lipinski definition) is 1. The maximum atomic E-state index is 6.53. The highest BCUT2D eigenvalue weighted by molar-refractivity contribution is 7.06. The summed E-state index contributed by atoms with van der Waals surface area (Å²) in [6.07, 6.45) is 0. The van der Waals surface area contributed by atoms with Crippen molar-refractivity contribution in [2.45, 2.75) is 33.1 Å². The molecule has 0 bridgehead atoms. The SMILES string of the molecule is Cc1cccc2c1[Si](C)(C)c1ccccc1O[Si]2(C)C. The fraction of sp³-hybridized carbons (Fsp3) is 0.294. The number of benzene rings is 2. The van der Waals surface area contributed by atoms with Crippen molar-refractivity contribution < 1.29 is 4.43 Å². The number of rotatable bonds is 0. The smallest absolute Gasteiger partial charge is 0.276 e. The molecule has 3 heteroatoms. The molecule has 0 unspecified atom stereocenters.